The molecule has 7 heteroatoms. The normalized spacial score (nSPS) is 17.2. The first-order valence-electron chi connectivity index (χ1n) is 8.29. The van der Waals surface area contributed by atoms with Crippen LogP contribution in [0.3, 0.4) is 0 Å². The number of carbonyl (C=O) groups is 1. The zero-order chi connectivity index (χ0) is 17.7. The molecule has 1 heterocycles. The highest BCUT2D eigenvalue weighted by atomic mass is 32.2. The number of thioether (sulfide) groups is 1. The number of amides is 1. The van der Waals surface area contributed by atoms with Gasteiger partial charge < -0.3 is 10.2 Å². The number of benzene rings is 1. The summed E-state index contributed by atoms with van der Waals surface area (Å²) in [6, 6.07) is 4.97. The Hall–Kier alpha value is -1.60. The highest BCUT2D eigenvalue weighted by Gasteiger charge is 2.26. The van der Waals surface area contributed by atoms with Gasteiger partial charge in [-0.3, -0.25) is 14.9 Å². The Morgan fingerprint density at radius 1 is 1.50 bits per heavy atom. The molecule has 1 fully saturated rings. The maximum Gasteiger partial charge on any atom is 0.283 e. The summed E-state index contributed by atoms with van der Waals surface area (Å²) in [7, 11) is 1.76. The summed E-state index contributed by atoms with van der Waals surface area (Å²) in [5.74, 6) is 1.23. The van der Waals surface area contributed by atoms with Gasteiger partial charge in [-0.25, -0.2) is 0 Å². The van der Waals surface area contributed by atoms with Crippen molar-refractivity contribution in [2.75, 3.05) is 25.9 Å². The number of carbonyl (C=O) groups excluding carboxylic acids is 1. The van der Waals surface area contributed by atoms with Gasteiger partial charge in [0.25, 0.3) is 11.6 Å². The smallest absolute Gasteiger partial charge is 0.283 e. The monoisotopic (exact) mass is 351 g/mol. The minimum atomic E-state index is -0.397. The fraction of sp³-hybridized carbons (Fsp3) is 0.588. The Labute approximate surface area is 147 Å². The lowest BCUT2D eigenvalue weighted by molar-refractivity contribution is -0.387. The van der Waals surface area contributed by atoms with E-state index in [1.54, 1.807) is 24.1 Å². The third kappa shape index (κ3) is 4.70. The number of nitro groups is 1. The van der Waals surface area contributed by atoms with Gasteiger partial charge in [-0.05, 0) is 43.2 Å². The van der Waals surface area contributed by atoms with E-state index in [2.05, 4.69) is 19.2 Å². The van der Waals surface area contributed by atoms with E-state index in [1.165, 1.54) is 17.8 Å². The first-order chi connectivity index (χ1) is 11.4. The van der Waals surface area contributed by atoms with E-state index >= 15 is 0 Å². The van der Waals surface area contributed by atoms with Crippen molar-refractivity contribution in [3.05, 3.63) is 33.9 Å². The molecule has 0 radical (unpaired) electrons. The van der Waals surface area contributed by atoms with E-state index in [9.17, 15) is 14.9 Å². The van der Waals surface area contributed by atoms with E-state index in [1.807, 2.05) is 0 Å². The molecular weight excluding hydrogens is 326 g/mol. The lowest BCUT2D eigenvalue weighted by Gasteiger charge is -2.23. The van der Waals surface area contributed by atoms with Crippen LogP contribution in [-0.4, -0.2) is 47.7 Å². The van der Waals surface area contributed by atoms with Gasteiger partial charge in [0.2, 0.25) is 0 Å². The average molecular weight is 351 g/mol. The molecule has 1 aromatic rings. The van der Waals surface area contributed by atoms with E-state index < -0.39 is 4.92 Å². The van der Waals surface area contributed by atoms with Gasteiger partial charge >= 0.3 is 0 Å². The molecule has 0 aromatic heterocycles. The van der Waals surface area contributed by atoms with Crippen LogP contribution in [0, 0.1) is 16.0 Å². The highest BCUT2D eigenvalue weighted by molar-refractivity contribution is 7.99. The lowest BCUT2D eigenvalue weighted by Crippen LogP contribution is -2.38. The maximum absolute atomic E-state index is 12.6. The van der Waals surface area contributed by atoms with Crippen LogP contribution in [0.5, 0.6) is 0 Å². The molecule has 1 atom stereocenters. The van der Waals surface area contributed by atoms with Crippen LogP contribution < -0.4 is 5.32 Å². The second-order valence-corrected chi connectivity index (χ2v) is 7.67. The molecule has 0 aliphatic carbocycles. The molecule has 24 heavy (non-hydrogen) atoms. The molecule has 1 saturated heterocycles. The van der Waals surface area contributed by atoms with Gasteiger partial charge in [-0.2, -0.15) is 0 Å². The number of nitro benzene ring substituents is 1. The van der Waals surface area contributed by atoms with Crippen molar-refractivity contribution in [2.24, 2.45) is 5.92 Å². The molecule has 1 aliphatic heterocycles. The largest absolute Gasteiger partial charge is 0.337 e. The minimum Gasteiger partial charge on any atom is -0.337 e. The van der Waals surface area contributed by atoms with Crippen LogP contribution in [0.1, 0.15) is 37.0 Å². The fourth-order valence-corrected chi connectivity index (χ4v) is 3.91. The van der Waals surface area contributed by atoms with Gasteiger partial charge in [0, 0.05) is 31.3 Å². The van der Waals surface area contributed by atoms with Crippen molar-refractivity contribution in [3.8, 4) is 0 Å². The van der Waals surface area contributed by atoms with E-state index in [0.717, 1.165) is 31.7 Å². The lowest BCUT2D eigenvalue weighted by atomic mass is 10.1. The van der Waals surface area contributed by atoms with Gasteiger partial charge in [-0.1, -0.05) is 13.8 Å². The predicted octanol–water partition coefficient (Wildman–Crippen LogP) is 3.17. The second-order valence-electron chi connectivity index (χ2n) is 6.53. The summed E-state index contributed by atoms with van der Waals surface area (Å²) in [5, 5.41) is 14.6. The minimum absolute atomic E-state index is 0.0209. The maximum atomic E-state index is 12.6. The first kappa shape index (κ1) is 18.7. The van der Waals surface area contributed by atoms with Gasteiger partial charge in [0.15, 0.2) is 0 Å². The number of nitrogens with one attached hydrogen (secondary N) is 1. The molecule has 0 bridgehead atoms. The number of likely N-dealkylation sites (N-methyl/N-ethyl adjacent to an activating group) is 1. The van der Waals surface area contributed by atoms with Crippen molar-refractivity contribution in [2.45, 2.75) is 37.6 Å². The summed E-state index contributed by atoms with van der Waals surface area (Å²) >= 11 is 1.48. The predicted molar refractivity (Wildman–Crippen MR) is 96.6 cm³/mol. The van der Waals surface area contributed by atoms with Crippen LogP contribution in [0.25, 0.3) is 0 Å². The van der Waals surface area contributed by atoms with E-state index in [4.69, 9.17) is 0 Å². The topological polar surface area (TPSA) is 75.5 Å². The summed E-state index contributed by atoms with van der Waals surface area (Å²) in [6.45, 7) is 5.93. The quantitative estimate of drug-likeness (QED) is 0.464. The molecule has 132 valence electrons. The highest BCUT2D eigenvalue weighted by Crippen LogP contribution is 2.31. The van der Waals surface area contributed by atoms with Gasteiger partial charge in [-0.15, -0.1) is 11.8 Å². The molecule has 1 aliphatic rings. The zero-order valence-electron chi connectivity index (χ0n) is 14.4. The number of hydrogen-bond acceptors (Lipinski definition) is 5. The molecule has 1 amide bonds. The zero-order valence-corrected chi connectivity index (χ0v) is 15.3. The second kappa shape index (κ2) is 8.48. The Balaban J connectivity index is 2.15. The molecule has 6 nitrogen and oxygen atoms in total. The SMILES string of the molecule is CC(C)CCSc1ccc(C(=O)N(C)C2CCNC2)cc1[N+](=O)[O-]. The summed E-state index contributed by atoms with van der Waals surface area (Å²) in [4.78, 5) is 25.9. The molecule has 0 spiro atoms. The van der Waals surface area contributed by atoms with Crippen molar-refractivity contribution < 1.29 is 9.72 Å². The third-order valence-electron chi connectivity index (χ3n) is 4.26. The summed E-state index contributed by atoms with van der Waals surface area (Å²) in [6.07, 6.45) is 1.91. The number of rotatable bonds is 7. The standard InChI is InChI=1S/C17H25N3O3S/c1-12(2)7-9-24-16-5-4-13(10-15(16)20(22)23)17(21)19(3)14-6-8-18-11-14/h4-5,10,12,14,18H,6-9,11H2,1-3H3. The van der Waals surface area contributed by atoms with Gasteiger partial charge in [0.05, 0.1) is 9.82 Å². The van der Waals surface area contributed by atoms with Gasteiger partial charge in [0.1, 0.15) is 0 Å². The summed E-state index contributed by atoms with van der Waals surface area (Å²) in [5.41, 5.74) is 0.400. The van der Waals surface area contributed by atoms with E-state index in [-0.39, 0.29) is 17.6 Å². The fourth-order valence-electron chi connectivity index (χ4n) is 2.66. The average Bonchev–Trinajstić information content (AvgIpc) is 3.07. The molecule has 2 rings (SSSR count). The van der Waals surface area contributed by atoms with Crippen molar-refractivity contribution in [1.29, 1.82) is 0 Å². The molecule has 0 saturated carbocycles. The number of nitrogens with zero attached hydrogens (tertiary/aromatic N) is 2. The van der Waals surface area contributed by atoms with Crippen LogP contribution in [-0.2, 0) is 0 Å². The first-order valence-corrected chi connectivity index (χ1v) is 9.27. The molecule has 1 N–H and O–H groups in total. The number of hydrogen-bond donors (Lipinski definition) is 1. The van der Waals surface area contributed by atoms with Crippen LogP contribution in [0.4, 0.5) is 5.69 Å². The molecular formula is C17H25N3O3S. The Morgan fingerprint density at radius 3 is 2.83 bits per heavy atom. The summed E-state index contributed by atoms with van der Waals surface area (Å²) < 4.78 is 0. The Bertz CT molecular complexity index is 601. The van der Waals surface area contributed by atoms with Crippen molar-refractivity contribution in [3.63, 3.8) is 0 Å². The molecule has 1 aromatic carbocycles. The van der Waals surface area contributed by atoms with Crippen LogP contribution in [0.2, 0.25) is 0 Å². The van der Waals surface area contributed by atoms with Crippen LogP contribution in [0.15, 0.2) is 23.1 Å². The van der Waals surface area contributed by atoms with Crippen molar-refractivity contribution in [1.82, 2.24) is 10.2 Å². The molecule has 1 unspecified atom stereocenters. The van der Waals surface area contributed by atoms with Crippen molar-refractivity contribution >= 4 is 23.4 Å². The third-order valence-corrected chi connectivity index (χ3v) is 5.35. The van der Waals surface area contributed by atoms with Crippen LogP contribution >= 0.6 is 11.8 Å². The van der Waals surface area contributed by atoms with E-state index in [0.29, 0.717) is 16.4 Å². The Morgan fingerprint density at radius 2 is 2.25 bits per heavy atom. The Kier molecular flexibility index (Phi) is 6.62.